The first-order chi connectivity index (χ1) is 12.1. The minimum absolute atomic E-state index is 0.0103. The van der Waals surface area contributed by atoms with E-state index in [0.717, 1.165) is 18.4 Å². The van der Waals surface area contributed by atoms with Crippen molar-refractivity contribution in [3.05, 3.63) is 82.1 Å². The monoisotopic (exact) mass is 334 g/mol. The quantitative estimate of drug-likeness (QED) is 0.778. The van der Waals surface area contributed by atoms with Crippen molar-refractivity contribution in [3.8, 4) is 0 Å². The lowest BCUT2D eigenvalue weighted by Gasteiger charge is -2.15. The number of carbonyl (C=O) groups is 1. The molecule has 1 heterocycles. The van der Waals surface area contributed by atoms with Gasteiger partial charge in [0.25, 0.3) is 5.91 Å². The molecule has 3 rings (SSSR count). The van der Waals surface area contributed by atoms with Crippen LogP contribution in [0.1, 0.15) is 29.3 Å². The molecule has 25 heavy (non-hydrogen) atoms. The van der Waals surface area contributed by atoms with Gasteiger partial charge in [-0.15, -0.1) is 0 Å². The van der Waals surface area contributed by atoms with E-state index in [2.05, 4.69) is 17.4 Å². The summed E-state index contributed by atoms with van der Waals surface area (Å²) in [6.45, 7) is 1.96. The molecular formula is C21H22N2O2. The maximum absolute atomic E-state index is 12.6. The van der Waals surface area contributed by atoms with Gasteiger partial charge in [-0.25, -0.2) is 0 Å². The Bertz CT molecular complexity index is 945. The predicted molar refractivity (Wildman–Crippen MR) is 101 cm³/mol. The van der Waals surface area contributed by atoms with Crippen molar-refractivity contribution in [2.75, 3.05) is 0 Å². The molecule has 1 amide bonds. The molecule has 1 atom stereocenters. The third-order valence-corrected chi connectivity index (χ3v) is 4.43. The van der Waals surface area contributed by atoms with Crippen LogP contribution in [0.4, 0.5) is 0 Å². The molecule has 1 N–H and O–H groups in total. The SMILES string of the molecule is C[C@@H](CCc1ccccc1)NC(=O)c1cn(C)c2ccccc2c1=O. The Morgan fingerprint density at radius 2 is 1.76 bits per heavy atom. The average Bonchev–Trinajstić information content (AvgIpc) is 2.64. The fourth-order valence-corrected chi connectivity index (χ4v) is 3.00. The summed E-state index contributed by atoms with van der Waals surface area (Å²) in [6, 6.07) is 17.5. The zero-order chi connectivity index (χ0) is 17.8. The van der Waals surface area contributed by atoms with Crippen LogP contribution in [0.2, 0.25) is 0 Å². The Balaban J connectivity index is 1.74. The molecule has 1 aromatic heterocycles. The minimum Gasteiger partial charge on any atom is -0.350 e. The van der Waals surface area contributed by atoms with Gasteiger partial charge in [0.05, 0.1) is 5.52 Å². The van der Waals surface area contributed by atoms with E-state index in [-0.39, 0.29) is 22.9 Å². The Kier molecular flexibility index (Phi) is 4.98. The molecule has 0 saturated carbocycles. The van der Waals surface area contributed by atoms with Crippen LogP contribution in [-0.4, -0.2) is 16.5 Å². The summed E-state index contributed by atoms with van der Waals surface area (Å²) in [5.74, 6) is -0.313. The highest BCUT2D eigenvalue weighted by molar-refractivity contribution is 5.97. The first-order valence-corrected chi connectivity index (χ1v) is 8.49. The maximum Gasteiger partial charge on any atom is 0.256 e. The number of pyridine rings is 1. The normalized spacial score (nSPS) is 12.1. The lowest BCUT2D eigenvalue weighted by molar-refractivity contribution is 0.0937. The third kappa shape index (κ3) is 3.79. The summed E-state index contributed by atoms with van der Waals surface area (Å²) in [5.41, 5.74) is 2.03. The van der Waals surface area contributed by atoms with Crippen LogP contribution in [0.5, 0.6) is 0 Å². The van der Waals surface area contributed by atoms with Crippen molar-refractivity contribution in [2.45, 2.75) is 25.8 Å². The van der Waals surface area contributed by atoms with Crippen LogP contribution in [0, 0.1) is 0 Å². The van der Waals surface area contributed by atoms with Crippen LogP contribution < -0.4 is 10.7 Å². The van der Waals surface area contributed by atoms with Crippen LogP contribution in [-0.2, 0) is 13.5 Å². The highest BCUT2D eigenvalue weighted by Crippen LogP contribution is 2.11. The standard InChI is InChI=1S/C21H22N2O2/c1-15(12-13-16-8-4-3-5-9-16)22-21(25)18-14-23(2)19-11-7-6-10-17(19)20(18)24/h3-11,14-15H,12-13H2,1-2H3,(H,22,25)/t15-/m0/s1. The molecule has 0 fully saturated rings. The van der Waals surface area contributed by atoms with Gasteiger partial charge in [0.1, 0.15) is 5.56 Å². The van der Waals surface area contributed by atoms with E-state index in [1.54, 1.807) is 12.3 Å². The van der Waals surface area contributed by atoms with E-state index in [1.165, 1.54) is 5.56 Å². The molecule has 0 radical (unpaired) electrons. The first-order valence-electron chi connectivity index (χ1n) is 8.49. The largest absolute Gasteiger partial charge is 0.350 e. The van der Waals surface area contributed by atoms with Crippen LogP contribution in [0.3, 0.4) is 0 Å². The molecule has 0 bridgehead atoms. The number of benzene rings is 2. The topological polar surface area (TPSA) is 51.1 Å². The van der Waals surface area contributed by atoms with E-state index in [1.807, 2.05) is 54.9 Å². The molecule has 4 heteroatoms. The lowest BCUT2D eigenvalue weighted by atomic mass is 10.1. The van der Waals surface area contributed by atoms with E-state index in [9.17, 15) is 9.59 Å². The molecule has 128 valence electrons. The highest BCUT2D eigenvalue weighted by atomic mass is 16.2. The van der Waals surface area contributed by atoms with Gasteiger partial charge in [0, 0.05) is 24.7 Å². The van der Waals surface area contributed by atoms with E-state index in [0.29, 0.717) is 5.39 Å². The van der Waals surface area contributed by atoms with Gasteiger partial charge in [0.2, 0.25) is 5.43 Å². The van der Waals surface area contributed by atoms with Crippen LogP contribution in [0.25, 0.3) is 10.9 Å². The molecule has 0 spiro atoms. The van der Waals surface area contributed by atoms with Crippen molar-refractivity contribution in [2.24, 2.45) is 7.05 Å². The van der Waals surface area contributed by atoms with Gasteiger partial charge >= 0.3 is 0 Å². The number of rotatable bonds is 5. The number of para-hydroxylation sites is 1. The summed E-state index contributed by atoms with van der Waals surface area (Å²) >= 11 is 0. The summed E-state index contributed by atoms with van der Waals surface area (Å²) in [6.07, 6.45) is 3.32. The molecule has 3 aromatic rings. The molecule has 2 aromatic carbocycles. The van der Waals surface area contributed by atoms with Gasteiger partial charge in [-0.2, -0.15) is 0 Å². The summed E-state index contributed by atoms with van der Waals surface area (Å²) in [4.78, 5) is 25.2. The molecule has 0 unspecified atom stereocenters. The number of carbonyl (C=O) groups excluding carboxylic acids is 1. The number of fused-ring (bicyclic) bond motifs is 1. The average molecular weight is 334 g/mol. The Labute approximate surface area is 147 Å². The second-order valence-corrected chi connectivity index (χ2v) is 6.40. The summed E-state index contributed by atoms with van der Waals surface area (Å²) in [7, 11) is 1.84. The fourth-order valence-electron chi connectivity index (χ4n) is 3.00. The number of hydrogen-bond donors (Lipinski definition) is 1. The minimum atomic E-state index is -0.313. The zero-order valence-electron chi connectivity index (χ0n) is 14.5. The molecule has 0 aliphatic carbocycles. The van der Waals surface area contributed by atoms with Gasteiger partial charge in [-0.1, -0.05) is 42.5 Å². The number of nitrogens with one attached hydrogen (secondary N) is 1. The zero-order valence-corrected chi connectivity index (χ0v) is 14.5. The van der Waals surface area contributed by atoms with Crippen molar-refractivity contribution in [1.82, 2.24) is 9.88 Å². The number of aryl methyl sites for hydroxylation is 2. The smallest absolute Gasteiger partial charge is 0.256 e. The van der Waals surface area contributed by atoms with E-state index in [4.69, 9.17) is 0 Å². The second kappa shape index (κ2) is 7.34. The molecule has 0 saturated heterocycles. The number of amides is 1. The number of hydrogen-bond acceptors (Lipinski definition) is 2. The highest BCUT2D eigenvalue weighted by Gasteiger charge is 2.16. The van der Waals surface area contributed by atoms with Crippen LogP contribution in [0.15, 0.2) is 65.6 Å². The van der Waals surface area contributed by atoms with Gasteiger partial charge in [0.15, 0.2) is 0 Å². The number of aromatic nitrogens is 1. The van der Waals surface area contributed by atoms with E-state index >= 15 is 0 Å². The van der Waals surface area contributed by atoms with Crippen molar-refractivity contribution < 1.29 is 4.79 Å². The lowest BCUT2D eigenvalue weighted by Crippen LogP contribution is -2.36. The predicted octanol–water partition coefficient (Wildman–Crippen LogP) is 3.29. The number of nitrogens with zero attached hydrogens (tertiary/aromatic N) is 1. The van der Waals surface area contributed by atoms with Crippen molar-refractivity contribution in [3.63, 3.8) is 0 Å². The van der Waals surface area contributed by atoms with E-state index < -0.39 is 0 Å². The molecule has 4 nitrogen and oxygen atoms in total. The molecule has 0 aliphatic rings. The fraction of sp³-hybridized carbons (Fsp3) is 0.238. The van der Waals surface area contributed by atoms with Gasteiger partial charge < -0.3 is 9.88 Å². The van der Waals surface area contributed by atoms with Crippen LogP contribution >= 0.6 is 0 Å². The Hall–Kier alpha value is -2.88. The third-order valence-electron chi connectivity index (χ3n) is 4.43. The first kappa shape index (κ1) is 17.0. The van der Waals surface area contributed by atoms with Crippen molar-refractivity contribution >= 4 is 16.8 Å². The maximum atomic E-state index is 12.6. The summed E-state index contributed by atoms with van der Waals surface area (Å²) < 4.78 is 1.82. The van der Waals surface area contributed by atoms with Gasteiger partial charge in [-0.05, 0) is 37.5 Å². The molecular weight excluding hydrogens is 312 g/mol. The van der Waals surface area contributed by atoms with Crippen molar-refractivity contribution in [1.29, 1.82) is 0 Å². The Morgan fingerprint density at radius 3 is 2.52 bits per heavy atom. The second-order valence-electron chi connectivity index (χ2n) is 6.40. The Morgan fingerprint density at radius 1 is 1.08 bits per heavy atom. The summed E-state index contributed by atoms with van der Waals surface area (Å²) in [5, 5.41) is 3.51. The van der Waals surface area contributed by atoms with Gasteiger partial charge in [-0.3, -0.25) is 9.59 Å². The molecule has 0 aliphatic heterocycles.